The molecule has 0 radical (unpaired) electrons. The Kier molecular flexibility index (Phi) is 7.05. The van der Waals surface area contributed by atoms with Gasteiger partial charge in [0.05, 0.1) is 18.7 Å². The Balaban J connectivity index is 1.38. The lowest BCUT2D eigenvalue weighted by Crippen LogP contribution is -2.34. The molecule has 0 saturated carbocycles. The molecular formula is C22H21N3O5. The van der Waals surface area contributed by atoms with Gasteiger partial charge in [0.1, 0.15) is 0 Å². The summed E-state index contributed by atoms with van der Waals surface area (Å²) in [5, 5.41) is 7.80. The third kappa shape index (κ3) is 5.84. The SMILES string of the molecule is O=C(COC(=O)CCC(=O)N1CCC(c2ccccc2)=N1)NC(=O)c1ccccc1. The molecule has 0 spiro atoms. The van der Waals surface area contributed by atoms with Crippen molar-refractivity contribution < 1.29 is 23.9 Å². The molecule has 1 aliphatic rings. The van der Waals surface area contributed by atoms with Gasteiger partial charge in [-0.25, -0.2) is 5.01 Å². The van der Waals surface area contributed by atoms with Gasteiger partial charge in [-0.15, -0.1) is 0 Å². The predicted octanol–water partition coefficient (Wildman–Crippen LogP) is 1.90. The summed E-state index contributed by atoms with van der Waals surface area (Å²) in [6.07, 6.45) is 0.399. The largest absolute Gasteiger partial charge is 0.456 e. The van der Waals surface area contributed by atoms with Gasteiger partial charge < -0.3 is 4.74 Å². The summed E-state index contributed by atoms with van der Waals surface area (Å²) in [6.45, 7) is -0.131. The van der Waals surface area contributed by atoms with Crippen LogP contribution in [0.4, 0.5) is 0 Å². The number of ether oxygens (including phenoxy) is 1. The van der Waals surface area contributed by atoms with Gasteiger partial charge in [-0.05, 0) is 17.7 Å². The van der Waals surface area contributed by atoms with Crippen molar-refractivity contribution in [3.05, 3.63) is 71.8 Å². The number of carbonyl (C=O) groups excluding carboxylic acids is 4. The third-order valence-corrected chi connectivity index (χ3v) is 4.39. The molecular weight excluding hydrogens is 386 g/mol. The highest BCUT2D eigenvalue weighted by molar-refractivity contribution is 6.05. The van der Waals surface area contributed by atoms with Crippen LogP contribution in [0.5, 0.6) is 0 Å². The molecule has 0 saturated heterocycles. The van der Waals surface area contributed by atoms with Gasteiger partial charge in [-0.3, -0.25) is 24.5 Å². The summed E-state index contributed by atoms with van der Waals surface area (Å²) in [6, 6.07) is 17.8. The molecule has 8 nitrogen and oxygen atoms in total. The van der Waals surface area contributed by atoms with E-state index in [0.717, 1.165) is 11.3 Å². The Morgan fingerprint density at radius 1 is 0.933 bits per heavy atom. The van der Waals surface area contributed by atoms with Gasteiger partial charge >= 0.3 is 5.97 Å². The van der Waals surface area contributed by atoms with E-state index >= 15 is 0 Å². The molecule has 30 heavy (non-hydrogen) atoms. The highest BCUT2D eigenvalue weighted by atomic mass is 16.5. The fourth-order valence-electron chi connectivity index (χ4n) is 2.85. The first kappa shape index (κ1) is 20.9. The number of nitrogens with zero attached hydrogens (tertiary/aromatic N) is 2. The van der Waals surface area contributed by atoms with Crippen LogP contribution in [0, 0.1) is 0 Å². The summed E-state index contributed by atoms with van der Waals surface area (Å²) < 4.78 is 4.83. The molecule has 1 N–H and O–H groups in total. The number of esters is 1. The second-order valence-electron chi connectivity index (χ2n) is 6.58. The van der Waals surface area contributed by atoms with E-state index in [4.69, 9.17) is 4.74 Å². The summed E-state index contributed by atoms with van der Waals surface area (Å²) in [4.78, 5) is 47.7. The van der Waals surface area contributed by atoms with E-state index in [1.165, 1.54) is 5.01 Å². The van der Waals surface area contributed by atoms with Crippen molar-refractivity contribution in [3.8, 4) is 0 Å². The van der Waals surface area contributed by atoms with Crippen LogP contribution >= 0.6 is 0 Å². The molecule has 1 heterocycles. The Morgan fingerprint density at radius 3 is 2.30 bits per heavy atom. The maximum absolute atomic E-state index is 12.3. The summed E-state index contributed by atoms with van der Waals surface area (Å²) in [5.74, 6) is -2.30. The van der Waals surface area contributed by atoms with E-state index in [0.29, 0.717) is 18.5 Å². The normalized spacial score (nSPS) is 12.8. The minimum atomic E-state index is -0.736. The van der Waals surface area contributed by atoms with Crippen molar-refractivity contribution >= 4 is 29.4 Å². The molecule has 0 atom stereocenters. The van der Waals surface area contributed by atoms with Crippen molar-refractivity contribution in [2.45, 2.75) is 19.3 Å². The maximum Gasteiger partial charge on any atom is 0.306 e. The number of imide groups is 1. The average Bonchev–Trinajstić information content (AvgIpc) is 3.28. The molecule has 8 heteroatoms. The topological polar surface area (TPSA) is 105 Å². The van der Waals surface area contributed by atoms with Crippen LogP contribution in [0.1, 0.15) is 35.2 Å². The van der Waals surface area contributed by atoms with Crippen LogP contribution in [-0.2, 0) is 19.1 Å². The quantitative estimate of drug-likeness (QED) is 0.706. The maximum atomic E-state index is 12.3. The van der Waals surface area contributed by atoms with Crippen LogP contribution in [0.25, 0.3) is 0 Å². The smallest absolute Gasteiger partial charge is 0.306 e. The average molecular weight is 407 g/mol. The first-order valence-corrected chi connectivity index (χ1v) is 9.51. The minimum Gasteiger partial charge on any atom is -0.456 e. The van der Waals surface area contributed by atoms with Crippen molar-refractivity contribution in [2.24, 2.45) is 5.10 Å². The lowest BCUT2D eigenvalue weighted by atomic mass is 10.1. The Hall–Kier alpha value is -3.81. The second-order valence-corrected chi connectivity index (χ2v) is 6.58. The molecule has 0 fully saturated rings. The molecule has 0 aliphatic carbocycles. The van der Waals surface area contributed by atoms with Crippen molar-refractivity contribution in [2.75, 3.05) is 13.2 Å². The van der Waals surface area contributed by atoms with Crippen LogP contribution in [0.3, 0.4) is 0 Å². The fraction of sp³-hybridized carbons (Fsp3) is 0.227. The van der Waals surface area contributed by atoms with Gasteiger partial charge in [0.15, 0.2) is 6.61 Å². The molecule has 3 amide bonds. The minimum absolute atomic E-state index is 0.0744. The number of amides is 3. The van der Waals surface area contributed by atoms with Crippen LogP contribution in [0.2, 0.25) is 0 Å². The number of hydrogen-bond donors (Lipinski definition) is 1. The summed E-state index contributed by atoms with van der Waals surface area (Å²) >= 11 is 0. The lowest BCUT2D eigenvalue weighted by molar-refractivity contribution is -0.149. The van der Waals surface area contributed by atoms with Crippen molar-refractivity contribution in [1.29, 1.82) is 0 Å². The van der Waals surface area contributed by atoms with E-state index in [1.54, 1.807) is 30.3 Å². The number of rotatable bonds is 7. The van der Waals surface area contributed by atoms with Crippen LogP contribution < -0.4 is 5.32 Å². The highest BCUT2D eigenvalue weighted by Crippen LogP contribution is 2.15. The second kappa shape index (κ2) is 10.1. The van der Waals surface area contributed by atoms with Crippen LogP contribution in [0.15, 0.2) is 65.8 Å². The zero-order valence-corrected chi connectivity index (χ0v) is 16.2. The zero-order chi connectivity index (χ0) is 21.3. The van der Waals surface area contributed by atoms with Crippen molar-refractivity contribution in [1.82, 2.24) is 10.3 Å². The van der Waals surface area contributed by atoms with Gasteiger partial charge in [-0.1, -0.05) is 48.5 Å². The van der Waals surface area contributed by atoms with Gasteiger partial charge in [-0.2, -0.15) is 5.10 Å². The van der Waals surface area contributed by atoms with Gasteiger partial charge in [0.2, 0.25) is 5.91 Å². The molecule has 1 aliphatic heterocycles. The van der Waals surface area contributed by atoms with Gasteiger partial charge in [0.25, 0.3) is 11.8 Å². The zero-order valence-electron chi connectivity index (χ0n) is 16.2. The molecule has 154 valence electrons. The van der Waals surface area contributed by atoms with Crippen molar-refractivity contribution in [3.63, 3.8) is 0 Å². The predicted molar refractivity (Wildman–Crippen MR) is 108 cm³/mol. The van der Waals surface area contributed by atoms with E-state index in [1.807, 2.05) is 30.3 Å². The monoisotopic (exact) mass is 407 g/mol. The number of benzene rings is 2. The standard InChI is InChI=1S/C22H21N3O5/c26-19(23-22(29)17-9-5-2-6-10-17)15-30-21(28)12-11-20(27)25-14-13-18(24-25)16-7-3-1-4-8-16/h1-10H,11-15H2,(H,23,26,29). The molecule has 0 unspecified atom stereocenters. The number of hydrogen-bond acceptors (Lipinski definition) is 6. The first-order valence-electron chi connectivity index (χ1n) is 9.51. The van der Waals surface area contributed by atoms with Gasteiger partial charge in [0, 0.05) is 18.4 Å². The molecule has 2 aromatic carbocycles. The first-order chi connectivity index (χ1) is 14.5. The molecule has 0 aromatic heterocycles. The van der Waals surface area contributed by atoms with E-state index in [2.05, 4.69) is 10.4 Å². The number of nitrogens with one attached hydrogen (secondary N) is 1. The van der Waals surface area contributed by atoms with E-state index in [-0.39, 0.29) is 18.7 Å². The number of carbonyl (C=O) groups is 4. The fourth-order valence-corrected chi connectivity index (χ4v) is 2.85. The number of hydrazone groups is 1. The lowest BCUT2D eigenvalue weighted by Gasteiger charge is -2.11. The Bertz CT molecular complexity index is 957. The molecule has 0 bridgehead atoms. The van der Waals surface area contributed by atoms with E-state index in [9.17, 15) is 19.2 Å². The molecule has 2 aromatic rings. The third-order valence-electron chi connectivity index (χ3n) is 4.39. The molecule has 3 rings (SSSR count). The summed E-state index contributed by atoms with van der Waals surface area (Å²) in [5.41, 5.74) is 2.11. The Morgan fingerprint density at radius 2 is 1.60 bits per heavy atom. The van der Waals surface area contributed by atoms with Crippen LogP contribution in [-0.4, -0.2) is 47.6 Å². The summed E-state index contributed by atoms with van der Waals surface area (Å²) in [7, 11) is 0. The van der Waals surface area contributed by atoms with E-state index < -0.39 is 24.4 Å². The highest BCUT2D eigenvalue weighted by Gasteiger charge is 2.22. The Labute approximate surface area is 173 Å².